The molecule has 0 amide bonds. The minimum absolute atomic E-state index is 0.144. The molecule has 0 N–H and O–H groups in total. The van der Waals surface area contributed by atoms with E-state index in [-0.39, 0.29) is 17.7 Å². The summed E-state index contributed by atoms with van der Waals surface area (Å²) in [6.07, 6.45) is -5.21. The zero-order valence-electron chi connectivity index (χ0n) is 15.3. The Balaban J connectivity index is 1.97. The summed E-state index contributed by atoms with van der Waals surface area (Å²) in [4.78, 5) is 12.8. The fourth-order valence-electron chi connectivity index (χ4n) is 4.81. The van der Waals surface area contributed by atoms with Gasteiger partial charge in [-0.1, -0.05) is 30.4 Å². The molecule has 3 aliphatic rings. The van der Waals surface area contributed by atoms with Gasteiger partial charge >= 0.3 is 29.2 Å². The van der Waals surface area contributed by atoms with E-state index in [9.17, 15) is 52.7 Å². The quantitative estimate of drug-likeness (QED) is 0.268. The fourth-order valence-corrected chi connectivity index (χ4v) is 7.17. The first kappa shape index (κ1) is 22.9. The van der Waals surface area contributed by atoms with Crippen LogP contribution in [0.2, 0.25) is 0 Å². The molecule has 1 aliphatic heterocycles. The number of ether oxygens (including phenoxy) is 1. The summed E-state index contributed by atoms with van der Waals surface area (Å²) in [5.74, 6) is -21.5. The number of esters is 1. The highest BCUT2D eigenvalue weighted by Gasteiger charge is 2.89. The fraction of sp³-hybridized carbons (Fsp3) is 0.500. The number of halogens is 9. The lowest BCUT2D eigenvalue weighted by atomic mass is 9.76. The molecule has 0 saturated heterocycles. The van der Waals surface area contributed by atoms with E-state index in [1.54, 1.807) is 0 Å². The van der Waals surface area contributed by atoms with Crippen molar-refractivity contribution in [3.8, 4) is 5.75 Å². The van der Waals surface area contributed by atoms with E-state index in [2.05, 4.69) is 0 Å². The third-order valence-electron chi connectivity index (χ3n) is 6.23. The number of hydrogen-bond acceptors (Lipinski definition) is 4. The number of benzene rings is 1. The van der Waals surface area contributed by atoms with Gasteiger partial charge in [-0.15, -0.1) is 0 Å². The zero-order valence-corrected chi connectivity index (χ0v) is 16.2. The number of hydrogen-bond donors (Lipinski definition) is 0. The Morgan fingerprint density at radius 1 is 0.906 bits per heavy atom. The maximum Gasteiger partial charge on any atom is 0.460 e. The number of allylic oxidation sites excluding steroid dienone is 2. The molecule has 2 bridgehead atoms. The van der Waals surface area contributed by atoms with Crippen LogP contribution in [0.25, 0.3) is 0 Å². The highest BCUT2D eigenvalue weighted by Crippen LogP contribution is 2.67. The normalized spacial score (nSPS) is 30.2. The molecule has 176 valence electrons. The Hall–Kier alpha value is -2.25. The molecule has 0 radical (unpaired) electrons. The first-order chi connectivity index (χ1) is 14.5. The van der Waals surface area contributed by atoms with Gasteiger partial charge in [-0.25, -0.2) is 13.2 Å². The molecule has 0 aromatic heterocycles. The Kier molecular flexibility index (Phi) is 4.44. The summed E-state index contributed by atoms with van der Waals surface area (Å²) >= 11 is 0. The number of para-hydroxylation sites is 1. The lowest BCUT2D eigenvalue weighted by molar-refractivity contribution is -0.382. The van der Waals surface area contributed by atoms with Crippen LogP contribution in [-0.2, 0) is 14.6 Å². The van der Waals surface area contributed by atoms with Gasteiger partial charge in [-0.05, 0) is 18.4 Å². The second-order valence-electron chi connectivity index (χ2n) is 7.76. The summed E-state index contributed by atoms with van der Waals surface area (Å²) in [5.41, 5.74) is -0.144. The minimum Gasteiger partial charge on any atom is -0.425 e. The Morgan fingerprint density at radius 2 is 1.50 bits per heavy atom. The van der Waals surface area contributed by atoms with Crippen LogP contribution in [0.3, 0.4) is 0 Å². The van der Waals surface area contributed by atoms with Crippen LogP contribution in [0.4, 0.5) is 39.5 Å². The van der Waals surface area contributed by atoms with Gasteiger partial charge in [0.05, 0.1) is 0 Å². The number of carbonyl (C=O) groups is 1. The minimum atomic E-state index is -7.43. The van der Waals surface area contributed by atoms with Gasteiger partial charge in [0.15, 0.2) is 4.75 Å². The smallest absolute Gasteiger partial charge is 0.425 e. The molecule has 1 saturated carbocycles. The van der Waals surface area contributed by atoms with Gasteiger partial charge in [-0.3, -0.25) is 0 Å². The lowest BCUT2D eigenvalue weighted by Gasteiger charge is -2.45. The van der Waals surface area contributed by atoms with Crippen LogP contribution in [0, 0.1) is 11.8 Å². The molecule has 0 unspecified atom stereocenters. The van der Waals surface area contributed by atoms with Crippen molar-refractivity contribution in [1.82, 2.24) is 0 Å². The second-order valence-corrected chi connectivity index (χ2v) is 9.95. The molecule has 1 aromatic rings. The van der Waals surface area contributed by atoms with Crippen LogP contribution in [0.5, 0.6) is 5.75 Å². The second kappa shape index (κ2) is 6.20. The van der Waals surface area contributed by atoms with Crippen LogP contribution in [0.15, 0.2) is 36.4 Å². The van der Waals surface area contributed by atoms with Crippen LogP contribution < -0.4 is 4.74 Å². The summed E-state index contributed by atoms with van der Waals surface area (Å²) in [6, 6.07) is 4.98. The predicted octanol–water partition coefficient (Wildman–Crippen LogP) is 4.47. The number of sulfone groups is 1. The summed E-state index contributed by atoms with van der Waals surface area (Å²) in [6.45, 7) is 0. The topological polar surface area (TPSA) is 60.4 Å². The van der Waals surface area contributed by atoms with E-state index >= 15 is 0 Å². The maximum absolute atomic E-state index is 14.7. The Bertz CT molecular complexity index is 1130. The van der Waals surface area contributed by atoms with Gasteiger partial charge in [0.1, 0.15) is 5.75 Å². The van der Waals surface area contributed by atoms with E-state index < -0.39 is 61.6 Å². The molecule has 14 heteroatoms. The highest BCUT2D eigenvalue weighted by atomic mass is 32.2. The van der Waals surface area contributed by atoms with Crippen LogP contribution in [-0.4, -0.2) is 42.4 Å². The van der Waals surface area contributed by atoms with E-state index in [1.807, 2.05) is 0 Å². The summed E-state index contributed by atoms with van der Waals surface area (Å²) < 4.78 is 149. The number of fused-ring (bicyclic) bond motifs is 7. The van der Waals surface area contributed by atoms with Crippen LogP contribution in [0.1, 0.15) is 17.9 Å². The first-order valence-electron chi connectivity index (χ1n) is 8.90. The molecule has 1 heterocycles. The largest absolute Gasteiger partial charge is 0.460 e. The Labute approximate surface area is 173 Å². The average molecular weight is 494 g/mol. The SMILES string of the molecule is O=C1Oc2ccccc2[C@@H]2[C@@H]3C=C[C@@H](C3)[C@]12S(=O)(=O)C(F)(F)C(F)(F)C(F)(F)C(F)(F)F. The molecule has 0 spiro atoms. The number of rotatable bonds is 4. The average Bonchev–Trinajstić information content (AvgIpc) is 3.28. The molecule has 32 heavy (non-hydrogen) atoms. The van der Waals surface area contributed by atoms with E-state index in [0.717, 1.165) is 6.08 Å². The van der Waals surface area contributed by atoms with Crippen molar-refractivity contribution in [3.05, 3.63) is 42.0 Å². The van der Waals surface area contributed by atoms with Gasteiger partial charge in [0, 0.05) is 17.4 Å². The van der Waals surface area contributed by atoms with Crippen molar-refractivity contribution in [1.29, 1.82) is 0 Å². The lowest BCUT2D eigenvalue weighted by Crippen LogP contribution is -2.70. The third kappa shape index (κ3) is 2.31. The van der Waals surface area contributed by atoms with E-state index in [1.165, 1.54) is 30.3 Å². The standard InChI is InChI=1S/C18H11F9O4S/c19-15(20,17(23,24)25)16(21,22)18(26,27)32(29,30)14-9-6-5-8(7-9)12(14)10-3-1-2-4-11(10)31-13(14)28/h1-6,8-9,12H,7H2/t8-,9+,12+,14-/m1/s1. The van der Waals surface area contributed by atoms with Gasteiger partial charge in [-0.2, -0.15) is 39.5 Å². The maximum atomic E-state index is 14.7. The van der Waals surface area contributed by atoms with Gasteiger partial charge < -0.3 is 4.74 Å². The van der Waals surface area contributed by atoms with Crippen molar-refractivity contribution in [2.24, 2.45) is 11.8 Å². The number of alkyl halides is 9. The van der Waals surface area contributed by atoms with Crippen molar-refractivity contribution in [2.45, 2.75) is 40.4 Å². The third-order valence-corrected chi connectivity index (χ3v) is 8.78. The van der Waals surface area contributed by atoms with Gasteiger partial charge in [0.2, 0.25) is 9.84 Å². The molecule has 2 aliphatic carbocycles. The molecule has 4 nitrogen and oxygen atoms in total. The van der Waals surface area contributed by atoms with Gasteiger partial charge in [0.25, 0.3) is 0 Å². The Morgan fingerprint density at radius 3 is 2.09 bits per heavy atom. The summed E-state index contributed by atoms with van der Waals surface area (Å²) in [7, 11) is -7.07. The molecule has 4 atom stereocenters. The predicted molar refractivity (Wildman–Crippen MR) is 88.1 cm³/mol. The van der Waals surface area contributed by atoms with E-state index in [0.29, 0.717) is 0 Å². The van der Waals surface area contributed by atoms with Crippen LogP contribution >= 0.6 is 0 Å². The van der Waals surface area contributed by atoms with E-state index in [4.69, 9.17) is 4.74 Å². The van der Waals surface area contributed by atoms with Crippen molar-refractivity contribution in [2.75, 3.05) is 0 Å². The monoisotopic (exact) mass is 494 g/mol. The first-order valence-corrected chi connectivity index (χ1v) is 10.4. The summed E-state index contributed by atoms with van der Waals surface area (Å²) in [5, 5.41) is -6.99. The molecule has 1 fully saturated rings. The number of carbonyl (C=O) groups excluding carboxylic acids is 1. The molecular formula is C18H11F9O4S. The highest BCUT2D eigenvalue weighted by molar-refractivity contribution is 7.94. The van der Waals surface area contributed by atoms with Crippen molar-refractivity contribution < 1.29 is 57.5 Å². The zero-order chi connectivity index (χ0) is 24.1. The van der Waals surface area contributed by atoms with Crippen molar-refractivity contribution >= 4 is 15.8 Å². The molecular weight excluding hydrogens is 483 g/mol. The molecule has 4 rings (SSSR count). The molecule has 1 aromatic carbocycles. The van der Waals surface area contributed by atoms with Crippen molar-refractivity contribution in [3.63, 3.8) is 0 Å².